The zero-order chi connectivity index (χ0) is 13.9. The molecule has 0 amide bonds. The minimum Gasteiger partial charge on any atom is -0.396 e. The molecule has 0 spiro atoms. The summed E-state index contributed by atoms with van der Waals surface area (Å²) < 4.78 is 0. The normalized spacial score (nSPS) is 22.0. The molecule has 0 saturated heterocycles. The van der Waals surface area contributed by atoms with Crippen molar-refractivity contribution in [1.82, 2.24) is 10.3 Å². The molecule has 0 radical (unpaired) electrons. The third kappa shape index (κ3) is 3.77. The fraction of sp³-hybridized carbons (Fsp3) is 0.800. The lowest BCUT2D eigenvalue weighted by molar-refractivity contribution is 0.214. The smallest absolute Gasteiger partial charge is 0.107 e. The lowest BCUT2D eigenvalue weighted by Gasteiger charge is -2.28. The number of hydrogen-bond acceptors (Lipinski definition) is 4. The van der Waals surface area contributed by atoms with Crippen LogP contribution in [0.5, 0.6) is 0 Å². The highest BCUT2D eigenvalue weighted by Crippen LogP contribution is 2.30. The molecule has 2 rings (SSSR count). The van der Waals surface area contributed by atoms with Gasteiger partial charge in [0.25, 0.3) is 0 Å². The molecule has 1 aromatic heterocycles. The van der Waals surface area contributed by atoms with Gasteiger partial charge in [0.05, 0.1) is 5.69 Å². The molecule has 0 saturated carbocycles. The Kier molecular flexibility index (Phi) is 4.98. The minimum absolute atomic E-state index is 0.0220. The van der Waals surface area contributed by atoms with Crippen LogP contribution in [0.3, 0.4) is 0 Å². The van der Waals surface area contributed by atoms with Gasteiger partial charge in [-0.25, -0.2) is 4.98 Å². The molecule has 1 heterocycles. The van der Waals surface area contributed by atoms with Crippen molar-refractivity contribution >= 4 is 11.3 Å². The Labute approximate surface area is 120 Å². The number of nitrogens with one attached hydrogen (secondary N) is 1. The minimum atomic E-state index is 0.0220. The van der Waals surface area contributed by atoms with E-state index in [-0.39, 0.29) is 12.1 Å². The predicted octanol–water partition coefficient (Wildman–Crippen LogP) is 2.91. The summed E-state index contributed by atoms with van der Waals surface area (Å²) in [5.41, 5.74) is 1.36. The lowest BCUT2D eigenvalue weighted by atomic mass is 9.93. The molecule has 1 aliphatic rings. The van der Waals surface area contributed by atoms with Crippen molar-refractivity contribution in [2.24, 2.45) is 5.92 Å². The molecule has 0 fully saturated rings. The van der Waals surface area contributed by atoms with E-state index in [1.54, 1.807) is 0 Å². The van der Waals surface area contributed by atoms with E-state index in [9.17, 15) is 0 Å². The summed E-state index contributed by atoms with van der Waals surface area (Å²) in [6.45, 7) is 7.74. The van der Waals surface area contributed by atoms with Gasteiger partial charge in [0.1, 0.15) is 5.01 Å². The predicted molar refractivity (Wildman–Crippen MR) is 80.5 cm³/mol. The second kappa shape index (κ2) is 6.33. The van der Waals surface area contributed by atoms with E-state index in [4.69, 9.17) is 10.1 Å². The average molecular weight is 282 g/mol. The number of nitrogens with zero attached hydrogens (tertiary/aromatic N) is 1. The summed E-state index contributed by atoms with van der Waals surface area (Å²) in [6, 6.07) is 0. The van der Waals surface area contributed by atoms with E-state index in [0.717, 1.165) is 31.7 Å². The van der Waals surface area contributed by atoms with Gasteiger partial charge in [-0.1, -0.05) is 13.8 Å². The van der Waals surface area contributed by atoms with E-state index in [1.165, 1.54) is 28.4 Å². The summed E-state index contributed by atoms with van der Waals surface area (Å²) in [5.74, 6) is 0.809. The second-order valence-electron chi connectivity index (χ2n) is 6.07. The average Bonchev–Trinajstić information content (AvgIpc) is 2.79. The zero-order valence-electron chi connectivity index (χ0n) is 12.3. The van der Waals surface area contributed by atoms with Crippen LogP contribution in [0.4, 0.5) is 0 Å². The van der Waals surface area contributed by atoms with Crippen molar-refractivity contribution in [3.8, 4) is 0 Å². The van der Waals surface area contributed by atoms with Crippen molar-refractivity contribution in [2.75, 3.05) is 6.61 Å². The summed E-state index contributed by atoms with van der Waals surface area (Å²) in [7, 11) is 0. The van der Waals surface area contributed by atoms with Crippen molar-refractivity contribution in [3.63, 3.8) is 0 Å². The molecule has 0 aliphatic heterocycles. The van der Waals surface area contributed by atoms with Crippen molar-refractivity contribution in [2.45, 2.75) is 65.0 Å². The molecule has 3 nitrogen and oxygen atoms in total. The maximum Gasteiger partial charge on any atom is 0.107 e. The van der Waals surface area contributed by atoms with Gasteiger partial charge in [-0.05, 0) is 44.9 Å². The van der Waals surface area contributed by atoms with Crippen LogP contribution in [0, 0.1) is 5.92 Å². The molecule has 2 N–H and O–H groups in total. The number of aryl methyl sites for hydroxylation is 1. The van der Waals surface area contributed by atoms with Gasteiger partial charge in [-0.15, -0.1) is 11.3 Å². The molecule has 108 valence electrons. The molecule has 0 bridgehead atoms. The molecule has 19 heavy (non-hydrogen) atoms. The first-order valence-electron chi connectivity index (χ1n) is 7.39. The van der Waals surface area contributed by atoms with E-state index < -0.39 is 0 Å². The Morgan fingerprint density at radius 1 is 1.53 bits per heavy atom. The maximum absolute atomic E-state index is 9.14. The standard InChI is InChI=1S/C15H26N2OS/c1-4-15(3,7-8-18)16-10-14-17-12-6-5-11(2)9-13(12)19-14/h11,16,18H,4-10H2,1-3H3. The molecular formula is C15H26N2OS. The number of rotatable bonds is 6. The fourth-order valence-corrected chi connectivity index (χ4v) is 3.81. The van der Waals surface area contributed by atoms with Crippen molar-refractivity contribution in [1.29, 1.82) is 0 Å². The molecule has 1 aliphatic carbocycles. The largest absolute Gasteiger partial charge is 0.396 e. The van der Waals surface area contributed by atoms with Crippen LogP contribution in [0.1, 0.15) is 55.6 Å². The Balaban J connectivity index is 1.97. The Morgan fingerprint density at radius 3 is 3.00 bits per heavy atom. The van der Waals surface area contributed by atoms with Crippen LogP contribution in [-0.4, -0.2) is 22.2 Å². The number of hydrogen-bond donors (Lipinski definition) is 2. The van der Waals surface area contributed by atoms with Gasteiger partial charge in [0.15, 0.2) is 0 Å². The van der Waals surface area contributed by atoms with Gasteiger partial charge in [-0.2, -0.15) is 0 Å². The number of aliphatic hydroxyl groups excluding tert-OH is 1. The summed E-state index contributed by atoms with van der Waals surface area (Å²) >= 11 is 1.87. The first-order valence-corrected chi connectivity index (χ1v) is 8.21. The van der Waals surface area contributed by atoms with Gasteiger partial charge in [0, 0.05) is 23.6 Å². The first-order chi connectivity index (χ1) is 9.06. The SMILES string of the molecule is CCC(C)(CCO)NCc1nc2c(s1)CC(C)CC2. The fourth-order valence-electron chi connectivity index (χ4n) is 2.59. The van der Waals surface area contributed by atoms with Gasteiger partial charge in [0.2, 0.25) is 0 Å². The Hall–Kier alpha value is -0.450. The molecule has 4 heteroatoms. The number of aromatic nitrogens is 1. The van der Waals surface area contributed by atoms with Crippen LogP contribution in [0.25, 0.3) is 0 Å². The molecule has 2 atom stereocenters. The topological polar surface area (TPSA) is 45.1 Å². The van der Waals surface area contributed by atoms with Crippen LogP contribution in [0.2, 0.25) is 0 Å². The van der Waals surface area contributed by atoms with Gasteiger partial charge in [-0.3, -0.25) is 0 Å². The monoisotopic (exact) mass is 282 g/mol. The van der Waals surface area contributed by atoms with E-state index in [2.05, 4.69) is 26.1 Å². The highest BCUT2D eigenvalue weighted by molar-refractivity contribution is 7.11. The third-order valence-electron chi connectivity index (χ3n) is 4.34. The van der Waals surface area contributed by atoms with E-state index >= 15 is 0 Å². The highest BCUT2D eigenvalue weighted by atomic mass is 32.1. The highest BCUT2D eigenvalue weighted by Gasteiger charge is 2.23. The van der Waals surface area contributed by atoms with Gasteiger partial charge < -0.3 is 10.4 Å². The maximum atomic E-state index is 9.14. The molecule has 0 aromatic carbocycles. The summed E-state index contributed by atoms with van der Waals surface area (Å²) in [4.78, 5) is 6.27. The summed E-state index contributed by atoms with van der Waals surface area (Å²) in [5, 5.41) is 13.9. The third-order valence-corrected chi connectivity index (χ3v) is 5.46. The van der Waals surface area contributed by atoms with Crippen molar-refractivity contribution in [3.05, 3.63) is 15.6 Å². The number of thiazole rings is 1. The van der Waals surface area contributed by atoms with Crippen LogP contribution < -0.4 is 5.32 Å². The number of aliphatic hydroxyl groups is 1. The second-order valence-corrected chi connectivity index (χ2v) is 7.23. The van der Waals surface area contributed by atoms with Crippen LogP contribution in [0.15, 0.2) is 0 Å². The lowest BCUT2D eigenvalue weighted by Crippen LogP contribution is -2.42. The van der Waals surface area contributed by atoms with E-state index in [1.807, 2.05) is 11.3 Å². The Bertz CT molecular complexity index is 418. The zero-order valence-corrected chi connectivity index (χ0v) is 13.1. The first kappa shape index (κ1) is 14.9. The molecule has 2 unspecified atom stereocenters. The number of fused-ring (bicyclic) bond motifs is 1. The van der Waals surface area contributed by atoms with Gasteiger partial charge >= 0.3 is 0 Å². The van der Waals surface area contributed by atoms with Crippen molar-refractivity contribution < 1.29 is 5.11 Å². The van der Waals surface area contributed by atoms with Crippen LogP contribution in [-0.2, 0) is 19.4 Å². The quantitative estimate of drug-likeness (QED) is 0.843. The van der Waals surface area contributed by atoms with E-state index in [0.29, 0.717) is 0 Å². The molecular weight excluding hydrogens is 256 g/mol. The Morgan fingerprint density at radius 2 is 2.32 bits per heavy atom. The molecule has 1 aromatic rings. The van der Waals surface area contributed by atoms with Crippen LogP contribution >= 0.6 is 11.3 Å². The summed E-state index contributed by atoms with van der Waals surface area (Å²) in [6.07, 6.45) is 5.45.